The topological polar surface area (TPSA) is 42.2 Å². The summed E-state index contributed by atoms with van der Waals surface area (Å²) < 4.78 is 5.22. The number of halogens is 1. The highest BCUT2D eigenvalue weighted by atomic mass is 35.5. The molecule has 3 rings (SSSR count). The van der Waals surface area contributed by atoms with Crippen molar-refractivity contribution in [1.82, 2.24) is 10.1 Å². The second-order valence-electron chi connectivity index (χ2n) is 6.08. The number of rotatable bonds is 7. The largest absolute Gasteiger partial charge is 0.361 e. The van der Waals surface area contributed by atoms with Crippen LogP contribution in [0.1, 0.15) is 34.5 Å². The summed E-state index contributed by atoms with van der Waals surface area (Å²) in [5.41, 5.74) is 3.36. The van der Waals surface area contributed by atoms with Crippen LogP contribution < -0.4 is 4.90 Å². The van der Waals surface area contributed by atoms with E-state index in [1.807, 2.05) is 25.1 Å². The molecule has 132 valence electrons. The number of anilines is 1. The average Bonchev–Trinajstić information content (AvgIpc) is 3.18. The minimum Gasteiger partial charge on any atom is -0.361 e. The van der Waals surface area contributed by atoms with Gasteiger partial charge in [-0.2, -0.15) is 0 Å². The smallest absolute Gasteiger partial charge is 0.186 e. The summed E-state index contributed by atoms with van der Waals surface area (Å²) in [7, 11) is 0. The van der Waals surface area contributed by atoms with Gasteiger partial charge in [0.15, 0.2) is 5.13 Å². The first kappa shape index (κ1) is 18.0. The fourth-order valence-corrected chi connectivity index (χ4v) is 3.87. The maximum Gasteiger partial charge on any atom is 0.186 e. The van der Waals surface area contributed by atoms with Crippen molar-refractivity contribution in [3.63, 3.8) is 0 Å². The van der Waals surface area contributed by atoms with Crippen molar-refractivity contribution in [3.05, 3.63) is 62.9 Å². The Hall–Kier alpha value is -1.85. The molecule has 0 unspecified atom stereocenters. The third kappa shape index (κ3) is 4.61. The zero-order valence-electron chi connectivity index (χ0n) is 14.8. The molecule has 0 aliphatic heterocycles. The number of nitrogens with zero attached hydrogens (tertiary/aromatic N) is 3. The molecule has 6 heteroatoms. The van der Waals surface area contributed by atoms with Gasteiger partial charge >= 0.3 is 0 Å². The van der Waals surface area contributed by atoms with E-state index in [1.165, 1.54) is 16.1 Å². The molecule has 25 heavy (non-hydrogen) atoms. The lowest BCUT2D eigenvalue weighted by molar-refractivity contribution is 0.390. The summed E-state index contributed by atoms with van der Waals surface area (Å²) >= 11 is 7.72. The van der Waals surface area contributed by atoms with Gasteiger partial charge < -0.3 is 9.42 Å². The average molecular weight is 376 g/mol. The van der Waals surface area contributed by atoms with Crippen LogP contribution in [0.4, 0.5) is 5.13 Å². The van der Waals surface area contributed by atoms with Gasteiger partial charge in [0.05, 0.1) is 12.2 Å². The molecule has 3 aromatic rings. The molecule has 0 N–H and O–H groups in total. The van der Waals surface area contributed by atoms with Crippen LogP contribution >= 0.6 is 22.9 Å². The quantitative estimate of drug-likeness (QED) is 0.568. The predicted molar refractivity (Wildman–Crippen MR) is 104 cm³/mol. The minimum atomic E-state index is 0.695. The first-order chi connectivity index (χ1) is 12.0. The second-order valence-corrected chi connectivity index (χ2v) is 7.70. The summed E-state index contributed by atoms with van der Waals surface area (Å²) in [6, 6.07) is 10.0. The van der Waals surface area contributed by atoms with Crippen molar-refractivity contribution < 1.29 is 4.52 Å². The van der Waals surface area contributed by atoms with Crippen LogP contribution in [-0.4, -0.2) is 16.7 Å². The fourth-order valence-electron chi connectivity index (χ4n) is 2.72. The Morgan fingerprint density at radius 2 is 1.96 bits per heavy atom. The number of hydrogen-bond donors (Lipinski definition) is 0. The number of hydrogen-bond acceptors (Lipinski definition) is 5. The monoisotopic (exact) mass is 375 g/mol. The Labute approximate surface area is 157 Å². The van der Waals surface area contributed by atoms with Crippen LogP contribution in [0.5, 0.6) is 0 Å². The van der Waals surface area contributed by atoms with Gasteiger partial charge in [-0.1, -0.05) is 35.8 Å². The summed E-state index contributed by atoms with van der Waals surface area (Å²) in [6.45, 7) is 7.75. The first-order valence-electron chi connectivity index (χ1n) is 8.43. The van der Waals surface area contributed by atoms with Crippen LogP contribution in [0.2, 0.25) is 5.02 Å². The van der Waals surface area contributed by atoms with Crippen molar-refractivity contribution in [1.29, 1.82) is 0 Å². The van der Waals surface area contributed by atoms with Gasteiger partial charge in [-0.05, 0) is 44.4 Å². The van der Waals surface area contributed by atoms with Crippen LogP contribution in [0.15, 0.2) is 34.9 Å². The lowest BCUT2D eigenvalue weighted by Gasteiger charge is -2.20. The first-order valence-corrected chi connectivity index (χ1v) is 9.62. The maximum absolute atomic E-state index is 5.98. The molecule has 2 aromatic heterocycles. The molecule has 1 aromatic carbocycles. The molecule has 0 radical (unpaired) electrons. The summed E-state index contributed by atoms with van der Waals surface area (Å²) in [4.78, 5) is 8.39. The highest BCUT2D eigenvalue weighted by molar-refractivity contribution is 7.15. The lowest BCUT2D eigenvalue weighted by atomic mass is 10.1. The Morgan fingerprint density at radius 3 is 2.56 bits per heavy atom. The van der Waals surface area contributed by atoms with E-state index in [9.17, 15) is 0 Å². The molecular formula is C19H22ClN3OS. The standard InChI is InChI=1S/C19H22ClN3OS/c1-4-18-14(3)25-19(21-18)23(12-17-11-13(2)24-22-17)10-9-15-5-7-16(20)8-6-15/h5-8,11H,4,9-10,12H2,1-3H3. The normalized spacial score (nSPS) is 11.0. The zero-order chi connectivity index (χ0) is 17.8. The van der Waals surface area contributed by atoms with Gasteiger partial charge in [0.1, 0.15) is 11.5 Å². The Morgan fingerprint density at radius 1 is 1.20 bits per heavy atom. The number of benzene rings is 1. The van der Waals surface area contributed by atoms with E-state index >= 15 is 0 Å². The van der Waals surface area contributed by atoms with Gasteiger partial charge in [-0.25, -0.2) is 4.98 Å². The third-order valence-electron chi connectivity index (χ3n) is 4.10. The lowest BCUT2D eigenvalue weighted by Crippen LogP contribution is -2.25. The second kappa shape index (κ2) is 8.02. The number of aromatic nitrogens is 2. The molecule has 0 aliphatic carbocycles. The van der Waals surface area contributed by atoms with Crippen LogP contribution in [0.3, 0.4) is 0 Å². The summed E-state index contributed by atoms with van der Waals surface area (Å²) in [5.74, 6) is 0.831. The summed E-state index contributed by atoms with van der Waals surface area (Å²) in [6.07, 6.45) is 1.88. The molecule has 0 saturated carbocycles. The van der Waals surface area contributed by atoms with Crippen molar-refractivity contribution in [2.24, 2.45) is 0 Å². The maximum atomic E-state index is 5.98. The minimum absolute atomic E-state index is 0.695. The molecule has 2 heterocycles. The molecular weight excluding hydrogens is 354 g/mol. The Balaban J connectivity index is 1.78. The molecule has 0 amide bonds. The van der Waals surface area contributed by atoms with Crippen molar-refractivity contribution in [3.8, 4) is 0 Å². The van der Waals surface area contributed by atoms with Crippen LogP contribution in [0.25, 0.3) is 0 Å². The van der Waals surface area contributed by atoms with Gasteiger partial charge in [-0.3, -0.25) is 0 Å². The molecule has 0 saturated heterocycles. The number of thiazole rings is 1. The van der Waals surface area contributed by atoms with E-state index in [1.54, 1.807) is 11.3 Å². The Kier molecular flexibility index (Phi) is 5.76. The van der Waals surface area contributed by atoms with E-state index < -0.39 is 0 Å². The SMILES string of the molecule is CCc1nc(N(CCc2ccc(Cl)cc2)Cc2cc(C)on2)sc1C. The molecule has 4 nitrogen and oxygen atoms in total. The Bertz CT molecular complexity index is 826. The van der Waals surface area contributed by atoms with Crippen molar-refractivity contribution in [2.75, 3.05) is 11.4 Å². The zero-order valence-corrected chi connectivity index (χ0v) is 16.3. The molecule has 0 fully saturated rings. The van der Waals surface area contributed by atoms with Gasteiger partial charge in [0, 0.05) is 22.5 Å². The van der Waals surface area contributed by atoms with Gasteiger partial charge in [0.2, 0.25) is 0 Å². The van der Waals surface area contributed by atoms with Crippen LogP contribution in [0, 0.1) is 13.8 Å². The fraction of sp³-hybridized carbons (Fsp3) is 0.368. The third-order valence-corrected chi connectivity index (χ3v) is 5.43. The molecule has 0 aliphatic rings. The van der Waals surface area contributed by atoms with E-state index in [0.29, 0.717) is 6.54 Å². The van der Waals surface area contributed by atoms with E-state index in [4.69, 9.17) is 21.1 Å². The van der Waals surface area contributed by atoms with Crippen molar-refractivity contribution in [2.45, 2.75) is 40.2 Å². The highest BCUT2D eigenvalue weighted by Gasteiger charge is 2.16. The predicted octanol–water partition coefficient (Wildman–Crippen LogP) is 5.21. The molecule has 0 atom stereocenters. The highest BCUT2D eigenvalue weighted by Crippen LogP contribution is 2.27. The van der Waals surface area contributed by atoms with E-state index in [0.717, 1.165) is 41.0 Å². The van der Waals surface area contributed by atoms with E-state index in [2.05, 4.69) is 36.0 Å². The summed E-state index contributed by atoms with van der Waals surface area (Å²) in [5, 5.41) is 5.95. The number of aryl methyl sites for hydroxylation is 3. The van der Waals surface area contributed by atoms with Gasteiger partial charge in [-0.15, -0.1) is 11.3 Å². The van der Waals surface area contributed by atoms with E-state index in [-0.39, 0.29) is 0 Å². The van der Waals surface area contributed by atoms with Gasteiger partial charge in [0.25, 0.3) is 0 Å². The molecule has 0 bridgehead atoms. The van der Waals surface area contributed by atoms with Crippen molar-refractivity contribution >= 4 is 28.1 Å². The van der Waals surface area contributed by atoms with Crippen LogP contribution in [-0.2, 0) is 19.4 Å². The molecule has 0 spiro atoms.